The Labute approximate surface area is 184 Å². The van der Waals surface area contributed by atoms with Crippen LogP contribution in [0.2, 0.25) is 0 Å². The van der Waals surface area contributed by atoms with Gasteiger partial charge in [-0.25, -0.2) is 4.79 Å². The Morgan fingerprint density at radius 2 is 1.39 bits per heavy atom. The zero-order valence-electron chi connectivity index (χ0n) is 17.7. The van der Waals surface area contributed by atoms with Crippen molar-refractivity contribution in [2.24, 2.45) is 0 Å². The van der Waals surface area contributed by atoms with Gasteiger partial charge >= 0.3 is 5.97 Å². The third kappa shape index (κ3) is 5.16. The molecule has 0 saturated heterocycles. The molecule has 156 valence electrons. The average Bonchev–Trinajstić information content (AvgIpc) is 2.84. The van der Waals surface area contributed by atoms with Crippen LogP contribution in [0.25, 0.3) is 0 Å². The fourth-order valence-electron chi connectivity index (χ4n) is 4.11. The highest BCUT2D eigenvalue weighted by Crippen LogP contribution is 2.34. The van der Waals surface area contributed by atoms with Crippen LogP contribution in [0.15, 0.2) is 78.9 Å². The molecule has 3 nitrogen and oxygen atoms in total. The van der Waals surface area contributed by atoms with Gasteiger partial charge in [0.25, 0.3) is 0 Å². The molecule has 0 unspecified atom stereocenters. The molecule has 0 bridgehead atoms. The Hall–Kier alpha value is -3.51. The number of methoxy groups -OCH3 is 1. The molecule has 0 amide bonds. The first-order valence-electron chi connectivity index (χ1n) is 10.7. The Morgan fingerprint density at radius 3 is 2.13 bits per heavy atom. The van der Waals surface area contributed by atoms with Crippen LogP contribution < -0.4 is 4.74 Å². The maximum absolute atomic E-state index is 12.9. The van der Waals surface area contributed by atoms with Gasteiger partial charge in [0.1, 0.15) is 11.9 Å². The molecule has 3 heteroatoms. The lowest BCUT2D eigenvalue weighted by atomic mass is 9.83. The summed E-state index contributed by atoms with van der Waals surface area (Å²) in [6, 6.07) is 25.6. The second kappa shape index (κ2) is 10.00. The second-order valence-electron chi connectivity index (χ2n) is 7.79. The van der Waals surface area contributed by atoms with Gasteiger partial charge < -0.3 is 9.47 Å². The fraction of sp³-hybridized carbons (Fsp3) is 0.250. The normalized spacial score (nSPS) is 17.8. The quantitative estimate of drug-likeness (QED) is 0.392. The van der Waals surface area contributed by atoms with Crippen LogP contribution in [0.5, 0.6) is 5.75 Å². The molecule has 3 aromatic rings. The molecule has 0 aromatic heterocycles. The maximum atomic E-state index is 12.9. The summed E-state index contributed by atoms with van der Waals surface area (Å²) in [6.45, 7) is 0. The molecule has 0 atom stereocenters. The first-order chi connectivity index (χ1) is 15.2. The summed E-state index contributed by atoms with van der Waals surface area (Å²) < 4.78 is 11.2. The minimum absolute atomic E-state index is 0.0392. The van der Waals surface area contributed by atoms with E-state index in [-0.39, 0.29) is 12.1 Å². The zero-order valence-corrected chi connectivity index (χ0v) is 17.7. The van der Waals surface area contributed by atoms with Crippen molar-refractivity contribution in [3.05, 3.63) is 101 Å². The van der Waals surface area contributed by atoms with E-state index in [1.807, 2.05) is 48.5 Å². The van der Waals surface area contributed by atoms with Crippen molar-refractivity contribution in [3.63, 3.8) is 0 Å². The predicted molar refractivity (Wildman–Crippen MR) is 122 cm³/mol. The molecule has 1 saturated carbocycles. The SMILES string of the molecule is COc1ccccc1C#Cc1ccccc1C(=O)OC1CCC(c2ccccc2)CC1. The molecule has 1 fully saturated rings. The van der Waals surface area contributed by atoms with Crippen LogP contribution in [0.4, 0.5) is 0 Å². The van der Waals surface area contributed by atoms with Crippen LogP contribution in [-0.4, -0.2) is 19.2 Å². The summed E-state index contributed by atoms with van der Waals surface area (Å²) in [5.41, 5.74) is 3.34. The molecule has 0 aliphatic heterocycles. The van der Waals surface area contributed by atoms with Crippen LogP contribution >= 0.6 is 0 Å². The van der Waals surface area contributed by atoms with E-state index in [1.54, 1.807) is 13.2 Å². The Kier molecular flexibility index (Phi) is 6.69. The van der Waals surface area contributed by atoms with Crippen LogP contribution in [0.3, 0.4) is 0 Å². The Morgan fingerprint density at radius 1 is 0.774 bits per heavy atom. The molecule has 1 aliphatic carbocycles. The monoisotopic (exact) mass is 410 g/mol. The molecule has 1 aliphatic rings. The Balaban J connectivity index is 1.43. The molecule has 4 rings (SSSR count). The molecule has 31 heavy (non-hydrogen) atoms. The Bertz CT molecular complexity index is 1080. The lowest BCUT2D eigenvalue weighted by Gasteiger charge is -2.28. The smallest absolute Gasteiger partial charge is 0.339 e. The minimum Gasteiger partial charge on any atom is -0.495 e. The lowest BCUT2D eigenvalue weighted by Crippen LogP contribution is -2.24. The van der Waals surface area contributed by atoms with E-state index in [0.29, 0.717) is 22.8 Å². The number of benzene rings is 3. The first kappa shape index (κ1) is 20.8. The van der Waals surface area contributed by atoms with Gasteiger partial charge in [0.15, 0.2) is 0 Å². The van der Waals surface area contributed by atoms with Crippen LogP contribution in [0, 0.1) is 11.8 Å². The van der Waals surface area contributed by atoms with Gasteiger partial charge in [-0.15, -0.1) is 0 Å². The summed E-state index contributed by atoms with van der Waals surface area (Å²) in [5, 5.41) is 0. The predicted octanol–water partition coefficient (Wildman–Crippen LogP) is 5.98. The standard InChI is InChI=1S/C28H26O3/c1-30-27-14-8-6-12-24(27)16-15-23-11-5-7-13-26(23)28(29)31-25-19-17-22(18-20-25)21-9-3-2-4-10-21/h2-14,22,25H,17-20H2,1H3. The largest absolute Gasteiger partial charge is 0.495 e. The number of ether oxygens (including phenoxy) is 2. The van der Waals surface area contributed by atoms with Gasteiger partial charge in [-0.2, -0.15) is 0 Å². The molecule has 0 spiro atoms. The van der Waals surface area contributed by atoms with Crippen molar-refractivity contribution < 1.29 is 14.3 Å². The van der Waals surface area contributed by atoms with Gasteiger partial charge in [-0.05, 0) is 61.4 Å². The highest BCUT2D eigenvalue weighted by molar-refractivity contribution is 5.92. The summed E-state index contributed by atoms with van der Waals surface area (Å²) in [6.07, 6.45) is 3.82. The van der Waals surface area contributed by atoms with Gasteiger partial charge in [-0.3, -0.25) is 0 Å². The molecule has 3 aromatic carbocycles. The average molecular weight is 411 g/mol. The number of carbonyl (C=O) groups excluding carboxylic acids is 1. The van der Waals surface area contributed by atoms with Crippen LogP contribution in [-0.2, 0) is 4.74 Å². The van der Waals surface area contributed by atoms with Crippen molar-refractivity contribution in [3.8, 4) is 17.6 Å². The van der Waals surface area contributed by atoms with E-state index in [1.165, 1.54) is 5.56 Å². The second-order valence-corrected chi connectivity index (χ2v) is 7.79. The number of hydrogen-bond donors (Lipinski definition) is 0. The number of carbonyl (C=O) groups is 1. The molecular formula is C28H26O3. The molecule has 0 heterocycles. The number of hydrogen-bond acceptors (Lipinski definition) is 3. The van der Waals surface area contributed by atoms with Crippen molar-refractivity contribution in [1.29, 1.82) is 0 Å². The number of para-hydroxylation sites is 1. The van der Waals surface area contributed by atoms with E-state index in [4.69, 9.17) is 9.47 Å². The highest BCUT2D eigenvalue weighted by atomic mass is 16.5. The highest BCUT2D eigenvalue weighted by Gasteiger charge is 2.25. The summed E-state index contributed by atoms with van der Waals surface area (Å²) >= 11 is 0. The van der Waals surface area contributed by atoms with Crippen LogP contribution in [0.1, 0.15) is 58.6 Å². The minimum atomic E-state index is -0.298. The van der Waals surface area contributed by atoms with Crippen molar-refractivity contribution in [1.82, 2.24) is 0 Å². The van der Waals surface area contributed by atoms with Gasteiger partial charge in [0, 0.05) is 5.56 Å². The summed E-state index contributed by atoms with van der Waals surface area (Å²) in [4.78, 5) is 12.9. The number of rotatable bonds is 4. The fourth-order valence-corrected chi connectivity index (χ4v) is 4.11. The first-order valence-corrected chi connectivity index (χ1v) is 10.7. The van der Waals surface area contributed by atoms with E-state index in [9.17, 15) is 4.79 Å². The number of esters is 1. The van der Waals surface area contributed by atoms with E-state index in [0.717, 1.165) is 31.2 Å². The van der Waals surface area contributed by atoms with Gasteiger partial charge in [0.05, 0.1) is 18.2 Å². The molecular weight excluding hydrogens is 384 g/mol. The van der Waals surface area contributed by atoms with Gasteiger partial charge in [0.2, 0.25) is 0 Å². The van der Waals surface area contributed by atoms with E-state index < -0.39 is 0 Å². The molecule has 0 radical (unpaired) electrons. The topological polar surface area (TPSA) is 35.5 Å². The maximum Gasteiger partial charge on any atom is 0.339 e. The third-order valence-corrected chi connectivity index (χ3v) is 5.80. The zero-order chi connectivity index (χ0) is 21.5. The summed E-state index contributed by atoms with van der Waals surface area (Å²) in [5.74, 6) is 7.21. The lowest BCUT2D eigenvalue weighted by molar-refractivity contribution is 0.0195. The summed E-state index contributed by atoms with van der Waals surface area (Å²) in [7, 11) is 1.62. The van der Waals surface area contributed by atoms with Crippen molar-refractivity contribution >= 4 is 5.97 Å². The van der Waals surface area contributed by atoms with Gasteiger partial charge in [-0.1, -0.05) is 66.4 Å². The third-order valence-electron chi connectivity index (χ3n) is 5.80. The van der Waals surface area contributed by atoms with E-state index >= 15 is 0 Å². The van der Waals surface area contributed by atoms with Crippen molar-refractivity contribution in [2.75, 3.05) is 7.11 Å². The molecule has 0 N–H and O–H groups in total. The van der Waals surface area contributed by atoms with Crippen molar-refractivity contribution in [2.45, 2.75) is 37.7 Å². The van der Waals surface area contributed by atoms with E-state index in [2.05, 4.69) is 36.1 Å².